The molecule has 0 saturated heterocycles. The maximum absolute atomic E-state index is 11.9. The lowest BCUT2D eigenvalue weighted by molar-refractivity contribution is -0.138. The third kappa shape index (κ3) is 9.57. The second kappa shape index (κ2) is 7.32. The molecule has 1 unspecified atom stereocenters. The van der Waals surface area contributed by atoms with Crippen LogP contribution in [0.15, 0.2) is 0 Å². The van der Waals surface area contributed by atoms with E-state index in [2.05, 4.69) is 15.4 Å². The number of hydrogen-bond donors (Lipinski definition) is 2. The SMILES string of the molecule is CCOC(=O)NCCNC(C)CC(F)(F)F. The van der Waals surface area contributed by atoms with Gasteiger partial charge in [0, 0.05) is 19.1 Å². The van der Waals surface area contributed by atoms with Crippen LogP contribution in [0.5, 0.6) is 0 Å². The van der Waals surface area contributed by atoms with Gasteiger partial charge in [0.15, 0.2) is 0 Å². The Labute approximate surface area is 92.5 Å². The van der Waals surface area contributed by atoms with Gasteiger partial charge in [-0.15, -0.1) is 0 Å². The van der Waals surface area contributed by atoms with E-state index in [4.69, 9.17) is 0 Å². The summed E-state index contributed by atoms with van der Waals surface area (Å²) in [6.07, 6.45) is -5.61. The predicted molar refractivity (Wildman–Crippen MR) is 53.2 cm³/mol. The van der Waals surface area contributed by atoms with Gasteiger partial charge >= 0.3 is 12.3 Å². The third-order valence-electron chi connectivity index (χ3n) is 1.70. The highest BCUT2D eigenvalue weighted by Crippen LogP contribution is 2.20. The molecule has 1 atom stereocenters. The van der Waals surface area contributed by atoms with Crippen LogP contribution in [0.1, 0.15) is 20.3 Å². The van der Waals surface area contributed by atoms with E-state index in [9.17, 15) is 18.0 Å². The summed E-state index contributed by atoms with van der Waals surface area (Å²) in [6.45, 7) is 3.89. The molecule has 0 rings (SSSR count). The highest BCUT2D eigenvalue weighted by atomic mass is 19.4. The molecule has 0 aliphatic carbocycles. The minimum Gasteiger partial charge on any atom is -0.450 e. The second-order valence-corrected chi connectivity index (χ2v) is 3.32. The van der Waals surface area contributed by atoms with E-state index in [1.165, 1.54) is 6.92 Å². The molecule has 0 aromatic heterocycles. The molecule has 96 valence electrons. The lowest BCUT2D eigenvalue weighted by atomic mass is 10.2. The molecule has 0 radical (unpaired) electrons. The molecule has 0 bridgehead atoms. The number of hydrogen-bond acceptors (Lipinski definition) is 3. The van der Waals surface area contributed by atoms with Crippen LogP contribution in [0.4, 0.5) is 18.0 Å². The molecule has 1 amide bonds. The fourth-order valence-corrected chi connectivity index (χ4v) is 1.08. The van der Waals surface area contributed by atoms with Crippen molar-refractivity contribution in [2.45, 2.75) is 32.5 Å². The number of carbonyl (C=O) groups is 1. The topological polar surface area (TPSA) is 50.4 Å². The van der Waals surface area contributed by atoms with Crippen LogP contribution in [0.3, 0.4) is 0 Å². The van der Waals surface area contributed by atoms with Crippen molar-refractivity contribution in [3.8, 4) is 0 Å². The molecule has 0 aromatic rings. The molecule has 0 aromatic carbocycles. The molecule has 0 aliphatic heterocycles. The van der Waals surface area contributed by atoms with Crippen molar-refractivity contribution in [2.75, 3.05) is 19.7 Å². The molecule has 0 fully saturated rings. The van der Waals surface area contributed by atoms with Gasteiger partial charge in [-0.2, -0.15) is 13.2 Å². The van der Waals surface area contributed by atoms with Crippen LogP contribution in [-0.2, 0) is 4.74 Å². The number of alkyl carbamates (subject to hydrolysis) is 1. The van der Waals surface area contributed by atoms with Crippen LogP contribution in [0.25, 0.3) is 0 Å². The standard InChI is InChI=1S/C9H17F3N2O2/c1-3-16-8(15)14-5-4-13-7(2)6-9(10,11)12/h7,13H,3-6H2,1-2H3,(H,14,15). The molecule has 4 nitrogen and oxygen atoms in total. The summed E-state index contributed by atoms with van der Waals surface area (Å²) >= 11 is 0. The van der Waals surface area contributed by atoms with Gasteiger partial charge in [0.1, 0.15) is 0 Å². The first-order valence-corrected chi connectivity index (χ1v) is 5.06. The molecular weight excluding hydrogens is 225 g/mol. The quantitative estimate of drug-likeness (QED) is 0.696. The molecule has 0 spiro atoms. The normalized spacial score (nSPS) is 13.3. The molecule has 2 N–H and O–H groups in total. The van der Waals surface area contributed by atoms with E-state index in [1.54, 1.807) is 6.92 Å². The van der Waals surface area contributed by atoms with Gasteiger partial charge in [-0.25, -0.2) is 4.79 Å². The van der Waals surface area contributed by atoms with Crippen LogP contribution in [0.2, 0.25) is 0 Å². The van der Waals surface area contributed by atoms with Crippen LogP contribution < -0.4 is 10.6 Å². The molecule has 0 saturated carbocycles. The van der Waals surface area contributed by atoms with Gasteiger partial charge in [0.2, 0.25) is 0 Å². The monoisotopic (exact) mass is 242 g/mol. The lowest BCUT2D eigenvalue weighted by Gasteiger charge is -2.15. The number of nitrogens with one attached hydrogen (secondary N) is 2. The largest absolute Gasteiger partial charge is 0.450 e. The van der Waals surface area contributed by atoms with E-state index in [0.717, 1.165) is 0 Å². The van der Waals surface area contributed by atoms with Crippen molar-refractivity contribution in [2.24, 2.45) is 0 Å². The minimum absolute atomic E-state index is 0.237. The number of alkyl halides is 3. The number of halogens is 3. The Bertz CT molecular complexity index is 209. The lowest BCUT2D eigenvalue weighted by Crippen LogP contribution is -2.37. The van der Waals surface area contributed by atoms with Crippen molar-refractivity contribution in [3.63, 3.8) is 0 Å². The zero-order valence-electron chi connectivity index (χ0n) is 9.36. The van der Waals surface area contributed by atoms with E-state index < -0.39 is 24.7 Å². The Morgan fingerprint density at radius 2 is 2.00 bits per heavy atom. The molecule has 7 heteroatoms. The summed E-state index contributed by atoms with van der Waals surface area (Å²) < 4.78 is 40.3. The minimum atomic E-state index is -4.17. The molecule has 16 heavy (non-hydrogen) atoms. The second-order valence-electron chi connectivity index (χ2n) is 3.32. The van der Waals surface area contributed by atoms with E-state index in [-0.39, 0.29) is 19.7 Å². The highest BCUT2D eigenvalue weighted by molar-refractivity contribution is 5.66. The van der Waals surface area contributed by atoms with Crippen LogP contribution >= 0.6 is 0 Å². The van der Waals surface area contributed by atoms with Crippen molar-refractivity contribution in [1.29, 1.82) is 0 Å². The zero-order chi connectivity index (χ0) is 12.6. The summed E-state index contributed by atoms with van der Waals surface area (Å²) in [4.78, 5) is 10.8. The number of amides is 1. The van der Waals surface area contributed by atoms with E-state index >= 15 is 0 Å². The first-order chi connectivity index (χ1) is 7.35. The van der Waals surface area contributed by atoms with E-state index in [0.29, 0.717) is 0 Å². The summed E-state index contributed by atoms with van der Waals surface area (Å²) in [5.74, 6) is 0. The van der Waals surface area contributed by atoms with Gasteiger partial charge in [-0.1, -0.05) is 0 Å². The van der Waals surface area contributed by atoms with Gasteiger partial charge in [-0.3, -0.25) is 0 Å². The van der Waals surface area contributed by atoms with Gasteiger partial charge in [0.05, 0.1) is 13.0 Å². The van der Waals surface area contributed by atoms with Gasteiger partial charge in [0.25, 0.3) is 0 Å². The van der Waals surface area contributed by atoms with Crippen molar-refractivity contribution >= 4 is 6.09 Å². The van der Waals surface area contributed by atoms with Crippen LogP contribution in [0, 0.1) is 0 Å². The average molecular weight is 242 g/mol. The molecule has 0 heterocycles. The summed E-state index contributed by atoms with van der Waals surface area (Å²) in [7, 11) is 0. The van der Waals surface area contributed by atoms with E-state index in [1.807, 2.05) is 0 Å². The fraction of sp³-hybridized carbons (Fsp3) is 0.889. The smallest absolute Gasteiger partial charge is 0.407 e. The Morgan fingerprint density at radius 3 is 2.50 bits per heavy atom. The molecular formula is C9H17F3N2O2. The number of carbonyl (C=O) groups excluding carboxylic acids is 1. The Balaban J connectivity index is 3.48. The van der Waals surface area contributed by atoms with Crippen LogP contribution in [-0.4, -0.2) is 38.0 Å². The molecule has 0 aliphatic rings. The fourth-order valence-electron chi connectivity index (χ4n) is 1.08. The first kappa shape index (κ1) is 15.0. The van der Waals surface area contributed by atoms with Crippen molar-refractivity contribution in [1.82, 2.24) is 10.6 Å². The summed E-state index contributed by atoms with van der Waals surface area (Å²) in [5.41, 5.74) is 0. The summed E-state index contributed by atoms with van der Waals surface area (Å²) in [6, 6.07) is -0.663. The van der Waals surface area contributed by atoms with Gasteiger partial charge < -0.3 is 15.4 Å². The number of rotatable bonds is 6. The Kier molecular flexibility index (Phi) is 6.87. The van der Waals surface area contributed by atoms with Gasteiger partial charge in [-0.05, 0) is 13.8 Å². The number of ether oxygens (including phenoxy) is 1. The average Bonchev–Trinajstić information content (AvgIpc) is 2.10. The third-order valence-corrected chi connectivity index (χ3v) is 1.70. The summed E-state index contributed by atoms with van der Waals surface area (Å²) in [5, 5.41) is 5.04. The van der Waals surface area contributed by atoms with Crippen molar-refractivity contribution < 1.29 is 22.7 Å². The Hall–Kier alpha value is -0.980. The maximum atomic E-state index is 11.9. The predicted octanol–water partition coefficient (Wildman–Crippen LogP) is 1.66. The highest BCUT2D eigenvalue weighted by Gasteiger charge is 2.29. The van der Waals surface area contributed by atoms with Crippen molar-refractivity contribution in [3.05, 3.63) is 0 Å². The first-order valence-electron chi connectivity index (χ1n) is 5.06. The Morgan fingerprint density at radius 1 is 1.38 bits per heavy atom. The maximum Gasteiger partial charge on any atom is 0.407 e. The zero-order valence-corrected chi connectivity index (χ0v) is 9.36.